The third-order valence-electron chi connectivity index (χ3n) is 4.15. The second-order valence-electron chi connectivity index (χ2n) is 6.40. The van der Waals surface area contributed by atoms with Gasteiger partial charge in [0.05, 0.1) is 12.2 Å². The van der Waals surface area contributed by atoms with Crippen LogP contribution in [0.4, 0.5) is 5.69 Å². The first-order chi connectivity index (χ1) is 11.7. The predicted octanol–water partition coefficient (Wildman–Crippen LogP) is 3.18. The van der Waals surface area contributed by atoms with Crippen molar-refractivity contribution in [2.45, 2.75) is 41.0 Å². The lowest BCUT2D eigenvalue weighted by Gasteiger charge is -2.18. The van der Waals surface area contributed by atoms with Gasteiger partial charge >= 0.3 is 0 Å². The van der Waals surface area contributed by atoms with Gasteiger partial charge in [-0.05, 0) is 45.2 Å². The van der Waals surface area contributed by atoms with Crippen molar-refractivity contribution in [1.29, 1.82) is 0 Å². The lowest BCUT2D eigenvalue weighted by molar-refractivity contribution is -0.116. The van der Waals surface area contributed by atoms with Crippen LogP contribution in [0.25, 0.3) is 0 Å². The minimum absolute atomic E-state index is 0.0423. The molecule has 0 atom stereocenters. The zero-order valence-electron chi connectivity index (χ0n) is 15.7. The number of hydrogen-bond acceptors (Lipinski definition) is 4. The number of carbonyl (C=O) groups excluding carboxylic acids is 2. The molecule has 0 aliphatic heterocycles. The predicted molar refractivity (Wildman–Crippen MR) is 96.9 cm³/mol. The molecule has 134 valence electrons. The van der Waals surface area contributed by atoms with Crippen molar-refractivity contribution >= 4 is 17.5 Å². The van der Waals surface area contributed by atoms with E-state index < -0.39 is 0 Å². The summed E-state index contributed by atoms with van der Waals surface area (Å²) in [5, 5.41) is 6.80. The number of hydrogen-bond donors (Lipinski definition) is 1. The molecule has 0 fully saturated rings. The first-order valence-corrected chi connectivity index (χ1v) is 8.32. The van der Waals surface area contributed by atoms with E-state index in [2.05, 4.69) is 10.5 Å². The molecule has 0 saturated heterocycles. The molecular weight excluding hydrogens is 318 g/mol. The van der Waals surface area contributed by atoms with E-state index in [0.29, 0.717) is 23.4 Å². The maximum absolute atomic E-state index is 12.6. The zero-order valence-corrected chi connectivity index (χ0v) is 15.7. The van der Waals surface area contributed by atoms with Gasteiger partial charge in [0.15, 0.2) is 0 Å². The fourth-order valence-electron chi connectivity index (χ4n) is 2.97. The average Bonchev–Trinajstić information content (AvgIpc) is 2.90. The minimum Gasteiger partial charge on any atom is -0.361 e. The van der Waals surface area contributed by atoms with Crippen LogP contribution < -0.4 is 5.32 Å². The molecule has 2 amide bonds. The third-order valence-corrected chi connectivity index (χ3v) is 4.15. The van der Waals surface area contributed by atoms with E-state index in [0.717, 1.165) is 22.4 Å². The first kappa shape index (κ1) is 18.7. The van der Waals surface area contributed by atoms with E-state index in [9.17, 15) is 9.59 Å². The topological polar surface area (TPSA) is 75.4 Å². The van der Waals surface area contributed by atoms with Crippen molar-refractivity contribution in [3.63, 3.8) is 0 Å². The number of rotatable bonds is 5. The molecule has 1 aromatic heterocycles. The smallest absolute Gasteiger partial charge is 0.259 e. The average molecular weight is 343 g/mol. The molecule has 0 aliphatic carbocycles. The van der Waals surface area contributed by atoms with Gasteiger partial charge in [-0.15, -0.1) is 0 Å². The SMILES string of the molecule is CCc1noc(C)c1C(=O)N(C)CC(=O)Nc1c(C)cc(C)cc1C. The van der Waals surface area contributed by atoms with Crippen LogP contribution in [-0.4, -0.2) is 35.5 Å². The van der Waals surface area contributed by atoms with Crippen LogP contribution in [0, 0.1) is 27.7 Å². The number of nitrogens with one attached hydrogen (secondary N) is 1. The molecule has 0 aliphatic rings. The summed E-state index contributed by atoms with van der Waals surface area (Å²) in [4.78, 5) is 26.4. The lowest BCUT2D eigenvalue weighted by atomic mass is 10.1. The van der Waals surface area contributed by atoms with Crippen LogP contribution in [0.2, 0.25) is 0 Å². The standard InChI is InChI=1S/C19H25N3O3/c1-7-15-17(14(5)25-21-15)19(24)22(6)10-16(23)20-18-12(3)8-11(2)9-13(18)4/h8-9H,7,10H2,1-6H3,(H,20,23). The number of nitrogens with zero attached hydrogens (tertiary/aromatic N) is 2. The Morgan fingerprint density at radius 1 is 1.16 bits per heavy atom. The molecule has 0 saturated carbocycles. The fraction of sp³-hybridized carbons (Fsp3) is 0.421. The van der Waals surface area contributed by atoms with Crippen LogP contribution in [0.3, 0.4) is 0 Å². The van der Waals surface area contributed by atoms with Crippen molar-refractivity contribution in [3.05, 3.63) is 45.8 Å². The van der Waals surface area contributed by atoms with E-state index in [1.54, 1.807) is 14.0 Å². The molecule has 0 radical (unpaired) electrons. The van der Waals surface area contributed by atoms with Gasteiger partial charge in [-0.1, -0.05) is 29.8 Å². The number of aromatic nitrogens is 1. The van der Waals surface area contributed by atoms with Crippen molar-refractivity contribution in [2.24, 2.45) is 0 Å². The van der Waals surface area contributed by atoms with Crippen molar-refractivity contribution < 1.29 is 14.1 Å². The quantitative estimate of drug-likeness (QED) is 0.905. The Labute approximate surface area is 148 Å². The Bertz CT molecular complexity index is 785. The summed E-state index contributed by atoms with van der Waals surface area (Å²) in [6, 6.07) is 4.04. The summed E-state index contributed by atoms with van der Waals surface area (Å²) < 4.78 is 5.10. The number of anilines is 1. The zero-order chi connectivity index (χ0) is 18.7. The minimum atomic E-state index is -0.261. The lowest BCUT2D eigenvalue weighted by Crippen LogP contribution is -2.35. The van der Waals surface area contributed by atoms with Gasteiger partial charge in [-0.2, -0.15) is 0 Å². The highest BCUT2D eigenvalue weighted by Crippen LogP contribution is 2.22. The monoisotopic (exact) mass is 343 g/mol. The molecule has 1 aromatic carbocycles. The molecule has 25 heavy (non-hydrogen) atoms. The Kier molecular flexibility index (Phi) is 5.62. The number of amides is 2. The van der Waals surface area contributed by atoms with Gasteiger partial charge in [-0.3, -0.25) is 9.59 Å². The summed E-state index contributed by atoms with van der Waals surface area (Å²) in [5.74, 6) is -0.0273. The molecule has 1 heterocycles. The molecule has 0 unspecified atom stereocenters. The number of benzene rings is 1. The van der Waals surface area contributed by atoms with Crippen LogP contribution in [0.5, 0.6) is 0 Å². The van der Waals surface area contributed by atoms with E-state index >= 15 is 0 Å². The summed E-state index contributed by atoms with van der Waals surface area (Å²) in [6.07, 6.45) is 0.597. The molecular formula is C19H25N3O3. The number of likely N-dealkylation sites (N-methyl/N-ethyl adjacent to an activating group) is 1. The largest absolute Gasteiger partial charge is 0.361 e. The van der Waals surface area contributed by atoms with Crippen LogP contribution in [0.1, 0.15) is 45.4 Å². The van der Waals surface area contributed by atoms with Crippen molar-refractivity contribution in [3.8, 4) is 0 Å². The van der Waals surface area contributed by atoms with Gasteiger partial charge in [0, 0.05) is 12.7 Å². The highest BCUT2D eigenvalue weighted by molar-refractivity contribution is 6.00. The van der Waals surface area contributed by atoms with Gasteiger partial charge in [0.2, 0.25) is 5.91 Å². The molecule has 2 aromatic rings. The highest BCUT2D eigenvalue weighted by atomic mass is 16.5. The van der Waals surface area contributed by atoms with E-state index in [1.165, 1.54) is 4.90 Å². The second kappa shape index (κ2) is 7.51. The van der Waals surface area contributed by atoms with E-state index in [1.807, 2.05) is 39.8 Å². The molecule has 2 rings (SSSR count). The molecule has 0 bridgehead atoms. The maximum Gasteiger partial charge on any atom is 0.259 e. The summed E-state index contributed by atoms with van der Waals surface area (Å²) in [6.45, 7) is 9.50. The highest BCUT2D eigenvalue weighted by Gasteiger charge is 2.23. The first-order valence-electron chi connectivity index (χ1n) is 8.32. The van der Waals surface area contributed by atoms with Crippen LogP contribution >= 0.6 is 0 Å². The third kappa shape index (κ3) is 4.07. The Balaban J connectivity index is 2.10. The van der Waals surface area contributed by atoms with Crippen LogP contribution in [-0.2, 0) is 11.2 Å². The number of carbonyl (C=O) groups is 2. The Hall–Kier alpha value is -2.63. The Morgan fingerprint density at radius 3 is 2.32 bits per heavy atom. The Morgan fingerprint density at radius 2 is 1.76 bits per heavy atom. The van der Waals surface area contributed by atoms with Gasteiger partial charge in [0.1, 0.15) is 11.3 Å². The van der Waals surface area contributed by atoms with Crippen molar-refractivity contribution in [2.75, 3.05) is 18.9 Å². The summed E-state index contributed by atoms with van der Waals surface area (Å²) in [7, 11) is 1.60. The van der Waals surface area contributed by atoms with Gasteiger partial charge < -0.3 is 14.7 Å². The normalized spacial score (nSPS) is 10.6. The van der Waals surface area contributed by atoms with Gasteiger partial charge in [0.25, 0.3) is 5.91 Å². The van der Waals surface area contributed by atoms with E-state index in [4.69, 9.17) is 4.52 Å². The molecule has 0 spiro atoms. The fourth-order valence-corrected chi connectivity index (χ4v) is 2.97. The summed E-state index contributed by atoms with van der Waals surface area (Å²) >= 11 is 0. The summed E-state index contributed by atoms with van der Waals surface area (Å²) in [5.41, 5.74) is 5.01. The maximum atomic E-state index is 12.6. The van der Waals surface area contributed by atoms with E-state index in [-0.39, 0.29) is 18.4 Å². The molecule has 6 heteroatoms. The number of aryl methyl sites for hydroxylation is 5. The second-order valence-corrected chi connectivity index (χ2v) is 6.40. The van der Waals surface area contributed by atoms with Crippen LogP contribution in [0.15, 0.2) is 16.7 Å². The van der Waals surface area contributed by atoms with Gasteiger partial charge in [-0.25, -0.2) is 0 Å². The van der Waals surface area contributed by atoms with Crippen molar-refractivity contribution in [1.82, 2.24) is 10.1 Å². The molecule has 6 nitrogen and oxygen atoms in total. The molecule has 1 N–H and O–H groups in total.